The fraction of sp³-hybridized carbons (Fsp3) is 0.333. The van der Waals surface area contributed by atoms with Crippen LogP contribution in [0.25, 0.3) is 0 Å². The third-order valence-electron chi connectivity index (χ3n) is 0.907. The van der Waals surface area contributed by atoms with Gasteiger partial charge in [-0.2, -0.15) is 0 Å². The van der Waals surface area contributed by atoms with Crippen LogP contribution in [0, 0.1) is 6.92 Å². The molecule has 0 aromatic carbocycles. The molecule has 0 atom stereocenters. The molecule has 1 rings (SSSR count). The van der Waals surface area contributed by atoms with Gasteiger partial charge in [0.15, 0.2) is 0 Å². The van der Waals surface area contributed by atoms with Crippen LogP contribution in [0.1, 0.15) is 11.3 Å². The summed E-state index contributed by atoms with van der Waals surface area (Å²) in [7, 11) is 0. The van der Waals surface area contributed by atoms with E-state index in [1.807, 2.05) is 11.7 Å². The average Bonchev–Trinajstić information content (AvgIpc) is 2.19. The highest BCUT2D eigenvalue weighted by atomic mass is 32.1. The first kappa shape index (κ1) is 5.76. The van der Waals surface area contributed by atoms with Gasteiger partial charge in [-0.1, -0.05) is 6.92 Å². The van der Waals surface area contributed by atoms with Gasteiger partial charge < -0.3 is 0 Å². The van der Waals surface area contributed by atoms with Gasteiger partial charge in [-0.15, -0.1) is 11.3 Å². The zero-order chi connectivity index (χ0) is 5.82. The lowest BCUT2D eigenvalue weighted by atomic mass is 10.3. The number of thiazole rings is 1. The van der Waals surface area contributed by atoms with Crippen molar-refractivity contribution in [1.82, 2.24) is 4.98 Å². The first-order valence-electron chi connectivity index (χ1n) is 2.60. The van der Waals surface area contributed by atoms with Gasteiger partial charge in [-0.25, -0.2) is 0 Å². The summed E-state index contributed by atoms with van der Waals surface area (Å²) in [6, 6.07) is 0. The SMILES string of the molecule is [CH2]CCc1cncs1. The maximum Gasteiger partial charge on any atom is 0.0794 e. The third-order valence-corrected chi connectivity index (χ3v) is 1.75. The summed E-state index contributed by atoms with van der Waals surface area (Å²) in [6.45, 7) is 3.74. The molecule has 0 N–H and O–H groups in total. The van der Waals surface area contributed by atoms with E-state index in [1.54, 1.807) is 11.3 Å². The van der Waals surface area contributed by atoms with Crippen molar-refractivity contribution in [2.75, 3.05) is 0 Å². The maximum atomic E-state index is 3.93. The average molecular weight is 126 g/mol. The zero-order valence-corrected chi connectivity index (χ0v) is 5.45. The van der Waals surface area contributed by atoms with Crippen molar-refractivity contribution in [3.05, 3.63) is 23.5 Å². The first-order valence-corrected chi connectivity index (χ1v) is 3.48. The number of aryl methyl sites for hydroxylation is 1. The van der Waals surface area contributed by atoms with Crippen LogP contribution in [0.4, 0.5) is 0 Å². The molecule has 0 bridgehead atoms. The highest BCUT2D eigenvalue weighted by molar-refractivity contribution is 7.09. The topological polar surface area (TPSA) is 12.9 Å². The predicted molar refractivity (Wildman–Crippen MR) is 35.8 cm³/mol. The Morgan fingerprint density at radius 2 is 2.62 bits per heavy atom. The van der Waals surface area contributed by atoms with Crippen LogP contribution >= 0.6 is 11.3 Å². The molecule has 2 heteroatoms. The molecule has 1 heterocycles. The van der Waals surface area contributed by atoms with Gasteiger partial charge in [0.05, 0.1) is 5.51 Å². The minimum atomic E-state index is 0.974. The Kier molecular flexibility index (Phi) is 2.03. The molecule has 1 nitrogen and oxygen atoms in total. The molecule has 0 spiro atoms. The molecular formula is C6H8NS. The molecule has 0 saturated carbocycles. The molecule has 1 aromatic heterocycles. The second-order valence-electron chi connectivity index (χ2n) is 1.57. The van der Waals surface area contributed by atoms with Crippen molar-refractivity contribution in [2.45, 2.75) is 12.8 Å². The summed E-state index contributed by atoms with van der Waals surface area (Å²) in [6.07, 6.45) is 3.95. The van der Waals surface area contributed by atoms with E-state index in [2.05, 4.69) is 11.9 Å². The van der Waals surface area contributed by atoms with Crippen molar-refractivity contribution >= 4 is 11.3 Å². The van der Waals surface area contributed by atoms with Crippen molar-refractivity contribution in [3.8, 4) is 0 Å². The van der Waals surface area contributed by atoms with Crippen molar-refractivity contribution in [2.24, 2.45) is 0 Å². The molecule has 0 saturated heterocycles. The lowest BCUT2D eigenvalue weighted by Gasteiger charge is -1.84. The Labute approximate surface area is 53.4 Å². The second kappa shape index (κ2) is 2.82. The van der Waals surface area contributed by atoms with Gasteiger partial charge in [-0.05, 0) is 12.8 Å². The lowest BCUT2D eigenvalue weighted by Crippen LogP contribution is -1.72. The minimum absolute atomic E-state index is 0.974. The summed E-state index contributed by atoms with van der Waals surface area (Å²) in [5, 5.41) is 0. The van der Waals surface area contributed by atoms with Crippen LogP contribution in [-0.4, -0.2) is 4.98 Å². The second-order valence-corrected chi connectivity index (χ2v) is 2.54. The van der Waals surface area contributed by atoms with E-state index in [1.165, 1.54) is 4.88 Å². The Balaban J connectivity index is 2.50. The maximum absolute atomic E-state index is 3.93. The van der Waals surface area contributed by atoms with Crippen LogP contribution in [0.15, 0.2) is 11.7 Å². The summed E-state index contributed by atoms with van der Waals surface area (Å²) in [5.41, 5.74) is 1.85. The molecule has 0 amide bonds. The normalized spacial score (nSPS) is 9.62. The van der Waals surface area contributed by atoms with E-state index >= 15 is 0 Å². The van der Waals surface area contributed by atoms with E-state index in [0.717, 1.165) is 12.8 Å². The monoisotopic (exact) mass is 126 g/mol. The molecule has 0 unspecified atom stereocenters. The predicted octanol–water partition coefficient (Wildman–Crippen LogP) is 1.91. The van der Waals surface area contributed by atoms with Crippen LogP contribution in [0.5, 0.6) is 0 Å². The van der Waals surface area contributed by atoms with E-state index in [4.69, 9.17) is 0 Å². The van der Waals surface area contributed by atoms with E-state index in [0.29, 0.717) is 0 Å². The Morgan fingerprint density at radius 1 is 1.75 bits per heavy atom. The quantitative estimate of drug-likeness (QED) is 0.590. The van der Waals surface area contributed by atoms with Crippen LogP contribution < -0.4 is 0 Å². The number of aromatic nitrogens is 1. The van der Waals surface area contributed by atoms with Crippen molar-refractivity contribution in [1.29, 1.82) is 0 Å². The van der Waals surface area contributed by atoms with Gasteiger partial charge >= 0.3 is 0 Å². The smallest absolute Gasteiger partial charge is 0.0794 e. The molecule has 43 valence electrons. The zero-order valence-electron chi connectivity index (χ0n) is 4.63. The summed E-state index contributed by atoms with van der Waals surface area (Å²) in [5.74, 6) is 0. The van der Waals surface area contributed by atoms with Crippen LogP contribution in [0.3, 0.4) is 0 Å². The fourth-order valence-electron chi connectivity index (χ4n) is 0.540. The first-order chi connectivity index (χ1) is 3.93. The van der Waals surface area contributed by atoms with Gasteiger partial charge in [0.2, 0.25) is 0 Å². The molecule has 0 aliphatic rings. The van der Waals surface area contributed by atoms with Gasteiger partial charge in [0.25, 0.3) is 0 Å². The fourth-order valence-corrected chi connectivity index (χ4v) is 1.18. The number of hydrogen-bond acceptors (Lipinski definition) is 2. The highest BCUT2D eigenvalue weighted by Crippen LogP contribution is 2.06. The van der Waals surface area contributed by atoms with Crippen molar-refractivity contribution in [3.63, 3.8) is 0 Å². The molecule has 1 radical (unpaired) electrons. The minimum Gasteiger partial charge on any atom is -0.253 e. The van der Waals surface area contributed by atoms with E-state index in [9.17, 15) is 0 Å². The highest BCUT2D eigenvalue weighted by Gasteiger charge is 1.88. The van der Waals surface area contributed by atoms with Crippen LogP contribution in [0.2, 0.25) is 0 Å². The molecule has 0 aliphatic heterocycles. The van der Waals surface area contributed by atoms with Crippen LogP contribution in [-0.2, 0) is 6.42 Å². The Bertz CT molecular complexity index is 134. The Hall–Kier alpha value is -0.370. The lowest BCUT2D eigenvalue weighted by molar-refractivity contribution is 1.02. The Morgan fingerprint density at radius 3 is 3.12 bits per heavy atom. The van der Waals surface area contributed by atoms with Crippen molar-refractivity contribution < 1.29 is 0 Å². The van der Waals surface area contributed by atoms with E-state index in [-0.39, 0.29) is 0 Å². The molecular weight excluding hydrogens is 118 g/mol. The molecule has 0 fully saturated rings. The summed E-state index contributed by atoms with van der Waals surface area (Å²) in [4.78, 5) is 5.26. The third kappa shape index (κ3) is 1.30. The van der Waals surface area contributed by atoms with Gasteiger partial charge in [0, 0.05) is 11.1 Å². The summed E-state index contributed by atoms with van der Waals surface area (Å²) >= 11 is 1.70. The molecule has 0 aliphatic carbocycles. The standard InChI is InChI=1S/C6H8NS/c1-2-3-6-4-7-5-8-6/h4-5H,1-3H2. The van der Waals surface area contributed by atoms with Gasteiger partial charge in [0.1, 0.15) is 0 Å². The molecule has 1 aromatic rings. The molecule has 8 heavy (non-hydrogen) atoms. The number of hydrogen-bond donors (Lipinski definition) is 0. The van der Waals surface area contributed by atoms with Gasteiger partial charge in [-0.3, -0.25) is 4.98 Å². The number of rotatable bonds is 2. The summed E-state index contributed by atoms with van der Waals surface area (Å²) < 4.78 is 0. The van der Waals surface area contributed by atoms with E-state index < -0.39 is 0 Å². The number of nitrogens with zero attached hydrogens (tertiary/aromatic N) is 1. The largest absolute Gasteiger partial charge is 0.253 e.